The fourth-order valence-corrected chi connectivity index (χ4v) is 4.02. The molecule has 1 unspecified atom stereocenters. The molecular weight excluding hydrogens is 454 g/mol. The van der Waals surface area contributed by atoms with Crippen molar-refractivity contribution >= 4 is 29.1 Å². The molecule has 1 amide bonds. The van der Waals surface area contributed by atoms with E-state index < -0.39 is 17.7 Å². The Morgan fingerprint density at radius 1 is 0.971 bits per heavy atom. The molecule has 1 aliphatic heterocycles. The number of carbonyl (C=O) groups excluding carboxylic acids is 2. The van der Waals surface area contributed by atoms with Crippen molar-refractivity contribution in [1.29, 1.82) is 0 Å². The Hall–Kier alpha value is -3.61. The van der Waals surface area contributed by atoms with Gasteiger partial charge in [-0.15, -0.1) is 0 Å². The number of hydrogen-bond donors (Lipinski definition) is 1. The number of aliphatic hydroxyl groups is 1. The summed E-state index contributed by atoms with van der Waals surface area (Å²) < 4.78 is 11.0. The van der Waals surface area contributed by atoms with Gasteiger partial charge in [0.15, 0.2) is 0 Å². The number of rotatable bonds is 8. The summed E-state index contributed by atoms with van der Waals surface area (Å²) in [6.45, 7) is 0.876. The van der Waals surface area contributed by atoms with Crippen LogP contribution in [0.25, 0.3) is 5.76 Å². The van der Waals surface area contributed by atoms with Gasteiger partial charge in [-0.3, -0.25) is 9.59 Å². The van der Waals surface area contributed by atoms with Crippen LogP contribution in [0.15, 0.2) is 84.4 Å². The van der Waals surface area contributed by atoms with E-state index in [1.165, 1.54) is 12.0 Å². The zero-order valence-electron chi connectivity index (χ0n) is 18.6. The van der Waals surface area contributed by atoms with Crippen molar-refractivity contribution in [2.24, 2.45) is 0 Å². The van der Waals surface area contributed by atoms with Crippen LogP contribution in [0.5, 0.6) is 5.75 Å². The Labute approximate surface area is 203 Å². The van der Waals surface area contributed by atoms with E-state index in [4.69, 9.17) is 21.1 Å². The fraction of sp³-hybridized carbons (Fsp3) is 0.185. The van der Waals surface area contributed by atoms with Gasteiger partial charge < -0.3 is 19.5 Å². The number of carbonyl (C=O) groups is 2. The number of benzene rings is 3. The lowest BCUT2D eigenvalue weighted by Gasteiger charge is -2.25. The smallest absolute Gasteiger partial charge is 0.295 e. The molecule has 3 aromatic carbocycles. The summed E-state index contributed by atoms with van der Waals surface area (Å²) >= 11 is 5.96. The topological polar surface area (TPSA) is 76.1 Å². The Kier molecular flexibility index (Phi) is 7.30. The van der Waals surface area contributed by atoms with Crippen LogP contribution >= 0.6 is 11.6 Å². The van der Waals surface area contributed by atoms with Crippen LogP contribution in [0.2, 0.25) is 5.02 Å². The highest BCUT2D eigenvalue weighted by Gasteiger charge is 2.45. The summed E-state index contributed by atoms with van der Waals surface area (Å²) in [5.41, 5.74) is 2.16. The van der Waals surface area contributed by atoms with Crippen LogP contribution in [0.4, 0.5) is 0 Å². The molecular formula is C27H24ClNO5. The molecule has 1 N–H and O–H groups in total. The quantitative estimate of drug-likeness (QED) is 0.281. The molecule has 1 saturated heterocycles. The van der Waals surface area contributed by atoms with E-state index in [0.29, 0.717) is 28.5 Å². The highest BCUT2D eigenvalue weighted by Crippen LogP contribution is 2.39. The van der Waals surface area contributed by atoms with E-state index in [9.17, 15) is 14.7 Å². The van der Waals surface area contributed by atoms with Crippen molar-refractivity contribution in [3.8, 4) is 5.75 Å². The highest BCUT2D eigenvalue weighted by atomic mass is 35.5. The first-order chi connectivity index (χ1) is 16.5. The predicted octanol–water partition coefficient (Wildman–Crippen LogP) is 4.99. The molecule has 1 aliphatic rings. The van der Waals surface area contributed by atoms with Gasteiger partial charge in [0.25, 0.3) is 11.7 Å². The van der Waals surface area contributed by atoms with Gasteiger partial charge in [0.05, 0.1) is 18.2 Å². The summed E-state index contributed by atoms with van der Waals surface area (Å²) in [4.78, 5) is 27.2. The molecule has 1 fully saturated rings. The van der Waals surface area contributed by atoms with Crippen molar-refractivity contribution < 1.29 is 24.2 Å². The van der Waals surface area contributed by atoms with Crippen LogP contribution in [0, 0.1) is 0 Å². The molecule has 4 rings (SSSR count). The number of Topliss-reactive ketones (excluding diaryl/α,β-unsaturated/α-hetero) is 1. The standard InChI is InChI=1S/C27H24ClNO5/c1-33-16-15-29-24(19-9-13-22(14-10-19)34-17-18-5-3-2-4-6-18)23(26(31)27(29)32)25(30)20-7-11-21(28)12-8-20/h2-14,24,30H,15-17H2,1H3/b25-23-. The van der Waals surface area contributed by atoms with Gasteiger partial charge in [-0.25, -0.2) is 0 Å². The van der Waals surface area contributed by atoms with Gasteiger partial charge in [-0.1, -0.05) is 54.1 Å². The number of likely N-dealkylation sites (tertiary alicyclic amines) is 1. The number of amides is 1. The van der Waals surface area contributed by atoms with Crippen molar-refractivity contribution in [3.63, 3.8) is 0 Å². The molecule has 0 spiro atoms. The molecule has 0 aliphatic carbocycles. The Morgan fingerprint density at radius 3 is 2.29 bits per heavy atom. The van der Waals surface area contributed by atoms with Gasteiger partial charge in [0.2, 0.25) is 0 Å². The molecule has 7 heteroatoms. The summed E-state index contributed by atoms with van der Waals surface area (Å²) in [5, 5.41) is 11.5. The molecule has 3 aromatic rings. The second kappa shape index (κ2) is 10.5. The van der Waals surface area contributed by atoms with E-state index in [1.54, 1.807) is 48.5 Å². The van der Waals surface area contributed by atoms with Gasteiger partial charge in [0, 0.05) is 24.2 Å². The fourth-order valence-electron chi connectivity index (χ4n) is 3.90. The number of ether oxygens (including phenoxy) is 2. The third kappa shape index (κ3) is 4.98. The largest absolute Gasteiger partial charge is 0.507 e. The van der Waals surface area contributed by atoms with E-state index in [0.717, 1.165) is 5.56 Å². The van der Waals surface area contributed by atoms with Crippen LogP contribution in [0.1, 0.15) is 22.7 Å². The van der Waals surface area contributed by atoms with E-state index in [-0.39, 0.29) is 24.5 Å². The van der Waals surface area contributed by atoms with E-state index in [1.807, 2.05) is 30.3 Å². The molecule has 0 saturated carbocycles. The van der Waals surface area contributed by atoms with Crippen LogP contribution in [0.3, 0.4) is 0 Å². The Bertz CT molecular complexity index is 1190. The number of methoxy groups -OCH3 is 1. The molecule has 0 aromatic heterocycles. The first-order valence-electron chi connectivity index (χ1n) is 10.8. The maximum Gasteiger partial charge on any atom is 0.295 e. The summed E-state index contributed by atoms with van der Waals surface area (Å²) in [6.07, 6.45) is 0. The number of aliphatic hydroxyl groups excluding tert-OH is 1. The van der Waals surface area contributed by atoms with E-state index in [2.05, 4.69) is 0 Å². The molecule has 1 heterocycles. The van der Waals surface area contributed by atoms with Crippen molar-refractivity contribution in [1.82, 2.24) is 4.90 Å². The minimum atomic E-state index is -0.756. The normalized spacial score (nSPS) is 17.2. The summed E-state index contributed by atoms with van der Waals surface area (Å²) in [5.74, 6) is -1.01. The number of halogens is 1. The summed E-state index contributed by atoms with van der Waals surface area (Å²) in [6, 6.07) is 22.7. The van der Waals surface area contributed by atoms with Gasteiger partial charge in [-0.05, 0) is 47.5 Å². The van der Waals surface area contributed by atoms with Crippen molar-refractivity contribution in [2.75, 3.05) is 20.3 Å². The molecule has 0 radical (unpaired) electrons. The molecule has 1 atom stereocenters. The highest BCUT2D eigenvalue weighted by molar-refractivity contribution is 6.46. The minimum Gasteiger partial charge on any atom is -0.507 e. The van der Waals surface area contributed by atoms with Gasteiger partial charge in [0.1, 0.15) is 18.1 Å². The Morgan fingerprint density at radius 2 is 1.65 bits per heavy atom. The maximum absolute atomic E-state index is 13.0. The maximum atomic E-state index is 13.0. The molecule has 34 heavy (non-hydrogen) atoms. The molecule has 0 bridgehead atoms. The first-order valence-corrected chi connectivity index (χ1v) is 11.2. The average molecular weight is 478 g/mol. The van der Waals surface area contributed by atoms with Crippen molar-refractivity contribution in [3.05, 3.63) is 106 Å². The van der Waals surface area contributed by atoms with Gasteiger partial charge in [-0.2, -0.15) is 0 Å². The van der Waals surface area contributed by atoms with Crippen LogP contribution < -0.4 is 4.74 Å². The third-order valence-electron chi connectivity index (χ3n) is 5.64. The summed E-state index contributed by atoms with van der Waals surface area (Å²) in [7, 11) is 1.53. The zero-order chi connectivity index (χ0) is 24.1. The SMILES string of the molecule is COCCN1C(=O)C(=O)/C(=C(\O)c2ccc(Cl)cc2)C1c1ccc(OCc2ccccc2)cc1. The molecule has 174 valence electrons. The molecule has 6 nitrogen and oxygen atoms in total. The second-order valence-corrected chi connectivity index (χ2v) is 8.27. The Balaban J connectivity index is 1.67. The lowest BCUT2D eigenvalue weighted by atomic mass is 9.95. The number of hydrogen-bond acceptors (Lipinski definition) is 5. The minimum absolute atomic E-state index is 0.0291. The number of ketones is 1. The monoisotopic (exact) mass is 477 g/mol. The lowest BCUT2D eigenvalue weighted by Crippen LogP contribution is -2.32. The number of nitrogens with zero attached hydrogens (tertiary/aromatic N) is 1. The zero-order valence-corrected chi connectivity index (χ0v) is 19.4. The predicted molar refractivity (Wildman–Crippen MR) is 130 cm³/mol. The lowest BCUT2D eigenvalue weighted by molar-refractivity contribution is -0.140. The second-order valence-electron chi connectivity index (χ2n) is 7.84. The first kappa shape index (κ1) is 23.5. The average Bonchev–Trinajstić information content (AvgIpc) is 3.12. The van der Waals surface area contributed by atoms with Gasteiger partial charge >= 0.3 is 0 Å². The third-order valence-corrected chi connectivity index (χ3v) is 5.89. The van der Waals surface area contributed by atoms with Crippen LogP contribution in [-0.4, -0.2) is 42.0 Å². The van der Waals surface area contributed by atoms with Crippen molar-refractivity contribution in [2.45, 2.75) is 12.6 Å². The van der Waals surface area contributed by atoms with Crippen LogP contribution in [-0.2, 0) is 20.9 Å². The van der Waals surface area contributed by atoms with E-state index >= 15 is 0 Å².